The molecule has 0 saturated carbocycles. The van der Waals surface area contributed by atoms with Crippen LogP contribution in [-0.4, -0.2) is 50.9 Å². The molecule has 4 aromatic rings. The Morgan fingerprint density at radius 1 is 1.02 bits per heavy atom. The highest BCUT2D eigenvalue weighted by Crippen LogP contribution is 2.45. The Morgan fingerprint density at radius 3 is 2.43 bits per heavy atom. The van der Waals surface area contributed by atoms with E-state index in [-0.39, 0.29) is 17.2 Å². The number of urea groups is 1. The van der Waals surface area contributed by atoms with E-state index in [4.69, 9.17) is 0 Å². The fraction of sp³-hybridized carbons (Fsp3) is 0.273. The highest BCUT2D eigenvalue weighted by Gasteiger charge is 2.53. The van der Waals surface area contributed by atoms with Crippen LogP contribution in [0.15, 0.2) is 72.8 Å². The van der Waals surface area contributed by atoms with E-state index >= 15 is 0 Å². The molecular weight excluding hydrogens is 532 g/mol. The molecule has 1 aromatic heterocycles. The number of aromatic amines is 1. The summed E-state index contributed by atoms with van der Waals surface area (Å²) in [6.07, 6.45) is 0.875. The molecule has 1 saturated heterocycles. The number of hydrogen-bond acceptors (Lipinski definition) is 4. The Balaban J connectivity index is 1.43. The van der Waals surface area contributed by atoms with Gasteiger partial charge in [0.15, 0.2) is 0 Å². The number of benzene rings is 3. The Kier molecular flexibility index (Phi) is 6.80. The smallest absolute Gasteiger partial charge is 0.332 e. The molecule has 42 heavy (non-hydrogen) atoms. The molecule has 0 aliphatic carbocycles. The zero-order valence-corrected chi connectivity index (χ0v) is 23.6. The topological polar surface area (TPSA) is 123 Å². The molecule has 6 rings (SSSR count). The quantitative estimate of drug-likeness (QED) is 0.267. The summed E-state index contributed by atoms with van der Waals surface area (Å²) in [6.45, 7) is 5.59. The molecule has 0 unspecified atom stereocenters. The average molecular weight is 565 g/mol. The van der Waals surface area contributed by atoms with Crippen LogP contribution in [0.3, 0.4) is 0 Å². The van der Waals surface area contributed by atoms with Crippen molar-refractivity contribution in [2.75, 3.05) is 4.90 Å². The van der Waals surface area contributed by atoms with Crippen LogP contribution in [0, 0.1) is 12.8 Å². The van der Waals surface area contributed by atoms with E-state index in [2.05, 4.69) is 10.3 Å². The maximum atomic E-state index is 14.3. The molecule has 4 amide bonds. The van der Waals surface area contributed by atoms with E-state index in [9.17, 15) is 24.3 Å². The molecule has 9 heteroatoms. The molecule has 3 N–H and O–H groups in total. The van der Waals surface area contributed by atoms with Crippen molar-refractivity contribution < 1.29 is 24.3 Å². The van der Waals surface area contributed by atoms with Gasteiger partial charge in [-0.25, -0.2) is 14.5 Å². The molecular formula is C33H32N4O5. The number of nitrogens with one attached hydrogen (secondary N) is 2. The Bertz CT molecular complexity index is 1730. The number of aromatic nitrogens is 1. The summed E-state index contributed by atoms with van der Waals surface area (Å²) in [5.74, 6) is -2.54. The second kappa shape index (κ2) is 10.5. The third-order valence-corrected chi connectivity index (χ3v) is 8.60. The van der Waals surface area contributed by atoms with Gasteiger partial charge in [-0.1, -0.05) is 80.4 Å². The van der Waals surface area contributed by atoms with Gasteiger partial charge < -0.3 is 15.4 Å². The van der Waals surface area contributed by atoms with Crippen LogP contribution in [0.1, 0.15) is 59.1 Å². The van der Waals surface area contributed by atoms with Gasteiger partial charge in [0.2, 0.25) is 0 Å². The van der Waals surface area contributed by atoms with Crippen molar-refractivity contribution in [2.24, 2.45) is 5.92 Å². The first-order chi connectivity index (χ1) is 20.2. The van der Waals surface area contributed by atoms with Crippen molar-refractivity contribution in [3.63, 3.8) is 0 Å². The Hall–Kier alpha value is -4.92. The number of fused-ring (bicyclic) bond motifs is 4. The van der Waals surface area contributed by atoms with Gasteiger partial charge in [-0.05, 0) is 42.2 Å². The molecule has 214 valence electrons. The van der Waals surface area contributed by atoms with E-state index in [0.29, 0.717) is 12.8 Å². The minimum Gasteiger partial charge on any atom is -0.480 e. The van der Waals surface area contributed by atoms with Crippen molar-refractivity contribution in [1.82, 2.24) is 15.2 Å². The molecule has 9 nitrogen and oxygen atoms in total. The maximum absolute atomic E-state index is 14.3. The second-order valence-corrected chi connectivity index (χ2v) is 11.2. The highest BCUT2D eigenvalue weighted by atomic mass is 16.4. The number of hydrogen-bond donors (Lipinski definition) is 3. The summed E-state index contributed by atoms with van der Waals surface area (Å²) in [7, 11) is 0. The molecule has 4 atom stereocenters. The summed E-state index contributed by atoms with van der Waals surface area (Å²) in [5, 5.41) is 13.3. The minimum absolute atomic E-state index is 0.0597. The standard InChI is InChI=1S/C33H32N4O5/c1-4-19(3)27(32(40)41)35-30(38)22-10-6-8-12-25(22)37-31(39)26-17-23-21-9-5-7-11-24(21)34-28(23)29(36(26)33(37)42)20-15-13-18(2)14-16-20/h5-16,19,26-27,29,34H,4,17H2,1-3H3,(H,35,38)(H,40,41)/t19-,26+,27+,29+/m1/s1. The number of nitrogens with zero attached hydrogens (tertiary/aromatic N) is 2. The molecule has 3 heterocycles. The van der Waals surface area contributed by atoms with Crippen LogP contribution >= 0.6 is 0 Å². The van der Waals surface area contributed by atoms with Gasteiger partial charge >= 0.3 is 12.0 Å². The fourth-order valence-electron chi connectivity index (χ4n) is 6.15. The number of carboxylic acids is 1. The first-order valence-electron chi connectivity index (χ1n) is 14.2. The summed E-state index contributed by atoms with van der Waals surface area (Å²) in [4.78, 5) is 60.0. The molecule has 0 bridgehead atoms. The second-order valence-electron chi connectivity index (χ2n) is 11.2. The first-order valence-corrected chi connectivity index (χ1v) is 14.2. The van der Waals surface area contributed by atoms with E-state index in [0.717, 1.165) is 38.2 Å². The predicted molar refractivity (Wildman–Crippen MR) is 158 cm³/mol. The van der Waals surface area contributed by atoms with Crippen LogP contribution in [0.2, 0.25) is 0 Å². The lowest BCUT2D eigenvalue weighted by Gasteiger charge is -2.36. The third kappa shape index (κ3) is 4.32. The third-order valence-electron chi connectivity index (χ3n) is 8.60. The van der Waals surface area contributed by atoms with Gasteiger partial charge in [-0.2, -0.15) is 0 Å². The number of aryl methyl sites for hydroxylation is 1. The molecule has 0 spiro atoms. The van der Waals surface area contributed by atoms with Crippen LogP contribution in [-0.2, 0) is 16.0 Å². The lowest BCUT2D eigenvalue weighted by molar-refractivity contribution is -0.140. The van der Waals surface area contributed by atoms with Gasteiger partial charge in [-0.3, -0.25) is 14.5 Å². The number of carboxylic acid groups (broad SMARTS) is 1. The summed E-state index contributed by atoms with van der Waals surface area (Å²) < 4.78 is 0. The van der Waals surface area contributed by atoms with Crippen molar-refractivity contribution in [1.29, 1.82) is 0 Å². The predicted octanol–water partition coefficient (Wildman–Crippen LogP) is 5.19. The summed E-state index contributed by atoms with van der Waals surface area (Å²) >= 11 is 0. The zero-order chi connectivity index (χ0) is 29.7. The lowest BCUT2D eigenvalue weighted by atomic mass is 9.88. The number of rotatable bonds is 7. The molecule has 3 aromatic carbocycles. The van der Waals surface area contributed by atoms with Crippen LogP contribution < -0.4 is 10.2 Å². The van der Waals surface area contributed by atoms with Crippen LogP contribution in [0.5, 0.6) is 0 Å². The molecule has 0 radical (unpaired) electrons. The van der Waals surface area contributed by atoms with Gasteiger partial charge in [0.25, 0.3) is 11.8 Å². The number of carbonyl (C=O) groups is 4. The summed E-state index contributed by atoms with van der Waals surface area (Å²) in [5.41, 5.74) is 4.92. The molecule has 2 aliphatic rings. The number of aliphatic carboxylic acids is 1. The van der Waals surface area contributed by atoms with Crippen molar-refractivity contribution in [3.05, 3.63) is 101 Å². The van der Waals surface area contributed by atoms with Crippen molar-refractivity contribution >= 4 is 40.4 Å². The SMILES string of the molecule is CC[C@@H](C)[C@H](NC(=O)c1ccccc1N1C(=O)[C@@H]2Cc3c([nH]c4ccccc34)[C@H](c3ccc(C)cc3)N2C1=O)C(=O)O. The number of imide groups is 1. The van der Waals surface area contributed by atoms with E-state index in [1.54, 1.807) is 30.0 Å². The fourth-order valence-corrected chi connectivity index (χ4v) is 6.15. The first kappa shape index (κ1) is 27.3. The number of amides is 4. The number of carbonyl (C=O) groups excluding carboxylic acids is 3. The Morgan fingerprint density at radius 2 is 1.71 bits per heavy atom. The van der Waals surface area contributed by atoms with Gasteiger partial charge in [-0.15, -0.1) is 0 Å². The summed E-state index contributed by atoms with van der Waals surface area (Å²) in [6, 6.07) is 19.2. The monoisotopic (exact) mass is 564 g/mol. The number of anilines is 1. The number of H-pyrrole nitrogens is 1. The Labute approximate surface area is 243 Å². The van der Waals surface area contributed by atoms with Crippen LogP contribution in [0.25, 0.3) is 10.9 Å². The molecule has 2 aliphatic heterocycles. The van der Waals surface area contributed by atoms with Gasteiger partial charge in [0, 0.05) is 23.0 Å². The normalized spacial score (nSPS) is 19.4. The molecule has 1 fully saturated rings. The van der Waals surface area contributed by atoms with Crippen molar-refractivity contribution in [2.45, 2.75) is 51.7 Å². The van der Waals surface area contributed by atoms with Crippen LogP contribution in [0.4, 0.5) is 10.5 Å². The van der Waals surface area contributed by atoms with E-state index in [1.165, 1.54) is 6.07 Å². The van der Waals surface area contributed by atoms with E-state index in [1.807, 2.05) is 62.4 Å². The van der Waals surface area contributed by atoms with Gasteiger partial charge in [0.05, 0.1) is 11.3 Å². The van der Waals surface area contributed by atoms with Crippen molar-refractivity contribution in [3.8, 4) is 0 Å². The average Bonchev–Trinajstić information content (AvgIpc) is 3.48. The highest BCUT2D eigenvalue weighted by molar-refractivity contribution is 6.24. The lowest BCUT2D eigenvalue weighted by Crippen LogP contribution is -2.45. The zero-order valence-electron chi connectivity index (χ0n) is 23.6. The maximum Gasteiger partial charge on any atom is 0.332 e. The van der Waals surface area contributed by atoms with E-state index < -0.39 is 41.9 Å². The minimum atomic E-state index is -1.14. The number of para-hydroxylation sites is 2. The van der Waals surface area contributed by atoms with Gasteiger partial charge in [0.1, 0.15) is 18.1 Å². The largest absolute Gasteiger partial charge is 0.480 e.